The van der Waals surface area contributed by atoms with Gasteiger partial charge < -0.3 is 9.47 Å². The lowest BCUT2D eigenvalue weighted by Gasteiger charge is -2.31. The zero-order chi connectivity index (χ0) is 25.7. The van der Waals surface area contributed by atoms with Gasteiger partial charge >= 0.3 is 0 Å². The molecular weight excluding hydrogens is 527 g/mol. The van der Waals surface area contributed by atoms with Crippen molar-refractivity contribution in [2.24, 2.45) is 4.99 Å². The Morgan fingerprint density at radius 1 is 1.00 bits per heavy atom. The first-order valence-electron chi connectivity index (χ1n) is 11.8. The second kappa shape index (κ2) is 9.53. The molecule has 4 aromatic rings. The highest BCUT2D eigenvalue weighted by atomic mass is 35.5. The molecule has 1 aliphatic heterocycles. The summed E-state index contributed by atoms with van der Waals surface area (Å²) in [6.07, 6.45) is 3.51. The van der Waals surface area contributed by atoms with E-state index in [1.54, 1.807) is 30.9 Å². The summed E-state index contributed by atoms with van der Waals surface area (Å²) in [5.74, 6) is 1.25. The molecule has 0 saturated heterocycles. The number of benzene rings is 3. The van der Waals surface area contributed by atoms with Gasteiger partial charge in [-0.15, -0.1) is 0 Å². The lowest BCUT2D eigenvalue weighted by atomic mass is 9.83. The minimum atomic E-state index is -0.317. The molecular formula is C29H22Cl2N2O3S. The summed E-state index contributed by atoms with van der Waals surface area (Å²) in [5.41, 5.74) is 6.01. The molecule has 5 nitrogen and oxygen atoms in total. The Bertz CT molecular complexity index is 1770. The van der Waals surface area contributed by atoms with E-state index in [0.717, 1.165) is 40.8 Å². The van der Waals surface area contributed by atoms with E-state index in [4.69, 9.17) is 37.7 Å². The van der Waals surface area contributed by atoms with Gasteiger partial charge in [-0.3, -0.25) is 9.36 Å². The van der Waals surface area contributed by atoms with Gasteiger partial charge in [0.25, 0.3) is 5.56 Å². The SMILES string of the molecule is COc1ccc([C@H]2C3=C(N=c4s/c(=C\c5ccc(Cl)cc5Cl)c(=O)n42)c2ccccc2CC3)cc1OC. The van der Waals surface area contributed by atoms with Crippen molar-refractivity contribution >= 4 is 46.3 Å². The molecule has 0 bridgehead atoms. The number of aryl methyl sites for hydroxylation is 1. The van der Waals surface area contributed by atoms with Crippen LogP contribution in [0.5, 0.6) is 11.5 Å². The molecule has 1 aliphatic carbocycles. The molecule has 0 radical (unpaired) electrons. The summed E-state index contributed by atoms with van der Waals surface area (Å²) in [4.78, 5) is 19.6. The van der Waals surface area contributed by atoms with E-state index >= 15 is 0 Å². The minimum Gasteiger partial charge on any atom is -0.493 e. The molecule has 186 valence electrons. The topological polar surface area (TPSA) is 52.8 Å². The lowest BCUT2D eigenvalue weighted by Crippen LogP contribution is -2.38. The zero-order valence-electron chi connectivity index (χ0n) is 20.1. The standard InChI is InChI=1S/C29H22Cl2N2O3S/c1-35-23-12-9-18(13-24(23)36-2)27-21-11-8-16-5-3-4-6-20(16)26(21)32-29-33(27)28(34)25(37-29)14-17-7-10-19(30)15-22(17)31/h3-7,9-10,12-15,27H,8,11H2,1-2H3/b25-14-/t27-/m0/s1. The van der Waals surface area contributed by atoms with Gasteiger partial charge in [0, 0.05) is 15.6 Å². The summed E-state index contributed by atoms with van der Waals surface area (Å²) in [6.45, 7) is 0. The quantitative estimate of drug-likeness (QED) is 0.331. The van der Waals surface area contributed by atoms with Crippen molar-refractivity contribution in [3.05, 3.63) is 118 Å². The molecule has 0 fully saturated rings. The van der Waals surface area contributed by atoms with Gasteiger partial charge in [0.05, 0.1) is 30.5 Å². The van der Waals surface area contributed by atoms with Gasteiger partial charge in [-0.25, -0.2) is 4.99 Å². The molecule has 0 spiro atoms. The van der Waals surface area contributed by atoms with Gasteiger partial charge in [-0.2, -0.15) is 0 Å². The Morgan fingerprint density at radius 2 is 1.81 bits per heavy atom. The highest BCUT2D eigenvalue weighted by molar-refractivity contribution is 7.07. The van der Waals surface area contributed by atoms with Crippen LogP contribution in [0.25, 0.3) is 11.8 Å². The van der Waals surface area contributed by atoms with Crippen LogP contribution < -0.4 is 24.4 Å². The molecule has 2 heterocycles. The van der Waals surface area contributed by atoms with E-state index in [-0.39, 0.29) is 11.6 Å². The van der Waals surface area contributed by atoms with E-state index in [1.165, 1.54) is 16.9 Å². The largest absolute Gasteiger partial charge is 0.493 e. The predicted molar refractivity (Wildman–Crippen MR) is 149 cm³/mol. The van der Waals surface area contributed by atoms with Crippen LogP contribution in [0.4, 0.5) is 0 Å². The molecule has 0 unspecified atom stereocenters. The third-order valence-electron chi connectivity index (χ3n) is 6.85. The first kappa shape index (κ1) is 24.0. The maximum atomic E-state index is 13.9. The summed E-state index contributed by atoms with van der Waals surface area (Å²) < 4.78 is 13.4. The van der Waals surface area contributed by atoms with E-state index in [1.807, 2.05) is 36.4 Å². The fourth-order valence-corrected chi connectivity index (χ4v) is 6.56. The number of hydrogen-bond acceptors (Lipinski definition) is 5. The van der Waals surface area contributed by atoms with Crippen LogP contribution in [0.2, 0.25) is 10.0 Å². The number of halogens is 2. The monoisotopic (exact) mass is 548 g/mol. The van der Waals surface area contributed by atoms with Crippen molar-refractivity contribution in [1.82, 2.24) is 4.57 Å². The summed E-state index contributed by atoms with van der Waals surface area (Å²) >= 11 is 13.9. The second-order valence-corrected chi connectivity index (χ2v) is 10.7. The van der Waals surface area contributed by atoms with E-state index in [2.05, 4.69) is 18.2 Å². The number of ether oxygens (including phenoxy) is 2. The van der Waals surface area contributed by atoms with Crippen molar-refractivity contribution < 1.29 is 9.47 Å². The molecule has 8 heteroatoms. The second-order valence-electron chi connectivity index (χ2n) is 8.89. The van der Waals surface area contributed by atoms with Crippen molar-refractivity contribution in [2.75, 3.05) is 14.2 Å². The van der Waals surface area contributed by atoms with Gasteiger partial charge in [0.15, 0.2) is 16.3 Å². The van der Waals surface area contributed by atoms with Gasteiger partial charge in [-0.1, -0.05) is 70.9 Å². The predicted octanol–water partition coefficient (Wildman–Crippen LogP) is 5.64. The van der Waals surface area contributed by atoms with Gasteiger partial charge in [0.2, 0.25) is 0 Å². The first-order valence-corrected chi connectivity index (χ1v) is 13.4. The first-order chi connectivity index (χ1) is 18.0. The van der Waals surface area contributed by atoms with Gasteiger partial charge in [-0.05, 0) is 65.4 Å². The number of methoxy groups -OCH3 is 2. The van der Waals surface area contributed by atoms with Crippen molar-refractivity contribution in [3.8, 4) is 11.5 Å². The number of fused-ring (bicyclic) bond motifs is 3. The Morgan fingerprint density at radius 3 is 2.59 bits per heavy atom. The van der Waals surface area contributed by atoms with E-state index in [0.29, 0.717) is 30.9 Å². The highest BCUT2D eigenvalue weighted by Crippen LogP contribution is 2.42. The number of hydrogen-bond donors (Lipinski definition) is 0. The molecule has 0 amide bonds. The molecule has 0 N–H and O–H groups in total. The molecule has 6 rings (SSSR count). The Kier molecular flexibility index (Phi) is 6.19. The number of allylic oxidation sites excluding steroid dienone is 1. The van der Waals surface area contributed by atoms with E-state index in [9.17, 15) is 4.79 Å². The molecule has 37 heavy (non-hydrogen) atoms. The fourth-order valence-electron chi connectivity index (χ4n) is 5.11. The maximum Gasteiger partial charge on any atom is 0.271 e. The average Bonchev–Trinajstić information content (AvgIpc) is 3.22. The van der Waals surface area contributed by atoms with E-state index < -0.39 is 0 Å². The van der Waals surface area contributed by atoms with Crippen molar-refractivity contribution in [2.45, 2.75) is 18.9 Å². The molecule has 0 saturated carbocycles. The number of thiazole rings is 1. The van der Waals surface area contributed by atoms with Crippen LogP contribution in [0, 0.1) is 0 Å². The van der Waals surface area contributed by atoms with Crippen molar-refractivity contribution in [3.63, 3.8) is 0 Å². The number of rotatable bonds is 4. The molecule has 1 atom stereocenters. The van der Waals surface area contributed by atoms with Crippen LogP contribution in [0.15, 0.2) is 76.0 Å². The van der Waals surface area contributed by atoms with Crippen LogP contribution in [0.1, 0.15) is 34.7 Å². The Labute approximate surface area is 227 Å². The number of nitrogens with zero attached hydrogens (tertiary/aromatic N) is 2. The average molecular weight is 549 g/mol. The smallest absolute Gasteiger partial charge is 0.271 e. The van der Waals surface area contributed by atoms with Crippen molar-refractivity contribution in [1.29, 1.82) is 0 Å². The van der Waals surface area contributed by atoms with Crippen LogP contribution in [0.3, 0.4) is 0 Å². The van der Waals surface area contributed by atoms with Crippen LogP contribution in [-0.4, -0.2) is 18.8 Å². The third-order valence-corrected chi connectivity index (χ3v) is 8.39. The molecule has 3 aromatic carbocycles. The highest BCUT2D eigenvalue weighted by Gasteiger charge is 2.33. The maximum absolute atomic E-state index is 13.9. The fraction of sp³-hybridized carbons (Fsp3) is 0.172. The van der Waals surface area contributed by atoms with Crippen LogP contribution >= 0.6 is 34.5 Å². The summed E-state index contributed by atoms with van der Waals surface area (Å²) in [6, 6.07) is 19.1. The number of aromatic nitrogens is 1. The normalized spacial score (nSPS) is 16.5. The third kappa shape index (κ3) is 4.09. The Balaban J connectivity index is 1.62. The lowest BCUT2D eigenvalue weighted by molar-refractivity contribution is 0.354. The minimum absolute atomic E-state index is 0.111. The molecule has 1 aromatic heterocycles. The summed E-state index contributed by atoms with van der Waals surface area (Å²) in [7, 11) is 3.23. The summed E-state index contributed by atoms with van der Waals surface area (Å²) in [5, 5.41) is 1.03. The Hall–Kier alpha value is -3.32. The van der Waals surface area contributed by atoms with Crippen LogP contribution in [-0.2, 0) is 6.42 Å². The van der Waals surface area contributed by atoms with Gasteiger partial charge in [0.1, 0.15) is 0 Å². The molecule has 2 aliphatic rings. The zero-order valence-corrected chi connectivity index (χ0v) is 22.5.